The van der Waals surface area contributed by atoms with Crippen molar-refractivity contribution in [3.8, 4) is 0 Å². The van der Waals surface area contributed by atoms with Crippen LogP contribution in [0, 0.1) is 5.92 Å². The minimum absolute atomic E-state index is 0.0839. The molecule has 0 radical (unpaired) electrons. The first-order valence-corrected chi connectivity index (χ1v) is 7.81. The van der Waals surface area contributed by atoms with Gasteiger partial charge in [-0.3, -0.25) is 4.79 Å². The van der Waals surface area contributed by atoms with Crippen LogP contribution in [0.3, 0.4) is 0 Å². The van der Waals surface area contributed by atoms with Crippen molar-refractivity contribution in [1.29, 1.82) is 0 Å². The summed E-state index contributed by atoms with van der Waals surface area (Å²) in [4.78, 5) is 23.3. The predicted molar refractivity (Wildman–Crippen MR) is 78.1 cm³/mol. The molecule has 21 heavy (non-hydrogen) atoms. The fourth-order valence-corrected chi connectivity index (χ4v) is 3.35. The average Bonchev–Trinajstić information content (AvgIpc) is 2.37. The van der Waals surface area contributed by atoms with E-state index in [0.717, 1.165) is 32.1 Å². The summed E-state index contributed by atoms with van der Waals surface area (Å²) in [5.74, 6) is -1.28. The molecular formula is C15H26N2O4. The summed E-state index contributed by atoms with van der Waals surface area (Å²) in [6.45, 7) is 4.67. The molecule has 0 spiro atoms. The van der Waals surface area contributed by atoms with Gasteiger partial charge in [-0.15, -0.1) is 0 Å². The lowest BCUT2D eigenvalue weighted by molar-refractivity contribution is -0.143. The Morgan fingerprint density at radius 3 is 2.52 bits per heavy atom. The number of hydrogen-bond donors (Lipinski definition) is 3. The predicted octanol–water partition coefficient (Wildman–Crippen LogP) is 1.89. The van der Waals surface area contributed by atoms with Crippen LogP contribution in [0.25, 0.3) is 0 Å². The van der Waals surface area contributed by atoms with Gasteiger partial charge in [-0.25, -0.2) is 4.79 Å². The minimum atomic E-state index is -0.813. The van der Waals surface area contributed by atoms with E-state index in [-0.39, 0.29) is 23.7 Å². The monoisotopic (exact) mass is 298 g/mol. The van der Waals surface area contributed by atoms with Crippen LogP contribution in [0.1, 0.15) is 52.4 Å². The molecule has 3 N–H and O–H groups in total. The van der Waals surface area contributed by atoms with Gasteiger partial charge >= 0.3 is 12.0 Å². The highest BCUT2D eigenvalue weighted by atomic mass is 16.5. The molecule has 6 heteroatoms. The first kappa shape index (κ1) is 16.1. The van der Waals surface area contributed by atoms with E-state index >= 15 is 0 Å². The van der Waals surface area contributed by atoms with Crippen LogP contribution >= 0.6 is 0 Å². The van der Waals surface area contributed by atoms with Crippen LogP contribution in [-0.4, -0.2) is 41.4 Å². The van der Waals surface area contributed by atoms with Gasteiger partial charge in [0.2, 0.25) is 0 Å². The molecule has 1 saturated carbocycles. The van der Waals surface area contributed by atoms with E-state index in [1.165, 1.54) is 0 Å². The van der Waals surface area contributed by atoms with Crippen LogP contribution in [0.15, 0.2) is 0 Å². The van der Waals surface area contributed by atoms with E-state index in [2.05, 4.69) is 10.6 Å². The Bertz CT molecular complexity index is 397. The van der Waals surface area contributed by atoms with Gasteiger partial charge in [-0.2, -0.15) is 0 Å². The van der Waals surface area contributed by atoms with Crippen molar-refractivity contribution in [2.24, 2.45) is 5.92 Å². The van der Waals surface area contributed by atoms with Gasteiger partial charge in [0.25, 0.3) is 0 Å². The Balaban J connectivity index is 1.84. The van der Waals surface area contributed by atoms with Crippen molar-refractivity contribution in [3.05, 3.63) is 0 Å². The molecule has 2 rings (SSSR count). The smallest absolute Gasteiger partial charge is 0.315 e. The zero-order valence-corrected chi connectivity index (χ0v) is 12.9. The Morgan fingerprint density at radius 1 is 1.14 bits per heavy atom. The molecule has 1 aliphatic carbocycles. The van der Waals surface area contributed by atoms with Crippen molar-refractivity contribution < 1.29 is 19.4 Å². The molecular weight excluding hydrogens is 272 g/mol. The lowest BCUT2D eigenvalue weighted by Gasteiger charge is -2.36. The zero-order valence-electron chi connectivity index (χ0n) is 12.9. The Hall–Kier alpha value is -1.30. The maximum absolute atomic E-state index is 12.1. The number of rotatable bonds is 3. The van der Waals surface area contributed by atoms with Gasteiger partial charge in [-0.1, -0.05) is 12.8 Å². The van der Waals surface area contributed by atoms with Crippen molar-refractivity contribution in [2.75, 3.05) is 6.61 Å². The van der Waals surface area contributed by atoms with Gasteiger partial charge in [0, 0.05) is 18.7 Å². The van der Waals surface area contributed by atoms with Crippen LogP contribution < -0.4 is 10.6 Å². The standard InChI is InChI=1S/C15H26N2O4/c1-15(2)9-10(7-8-21-15)16-14(20)17-12-6-4-3-5-11(12)13(18)19/h10-12H,3-9H2,1-2H3,(H,18,19)(H2,16,17,20). The molecule has 120 valence electrons. The van der Waals surface area contributed by atoms with Crippen molar-refractivity contribution in [2.45, 2.75) is 70.1 Å². The normalized spacial score (nSPS) is 32.2. The fourth-order valence-electron chi connectivity index (χ4n) is 3.35. The quantitative estimate of drug-likeness (QED) is 0.742. The third kappa shape index (κ3) is 4.59. The highest BCUT2D eigenvalue weighted by molar-refractivity contribution is 5.77. The second-order valence-electron chi connectivity index (χ2n) is 6.75. The highest BCUT2D eigenvalue weighted by Gasteiger charge is 2.33. The second-order valence-corrected chi connectivity index (χ2v) is 6.75. The third-order valence-corrected chi connectivity index (χ3v) is 4.43. The Labute approximate surface area is 125 Å². The fraction of sp³-hybridized carbons (Fsp3) is 0.867. The number of hydrogen-bond acceptors (Lipinski definition) is 3. The zero-order chi connectivity index (χ0) is 15.5. The van der Waals surface area contributed by atoms with Crippen LogP contribution in [0.5, 0.6) is 0 Å². The number of carboxylic acids is 1. The first-order chi connectivity index (χ1) is 9.87. The van der Waals surface area contributed by atoms with Crippen molar-refractivity contribution in [1.82, 2.24) is 10.6 Å². The van der Waals surface area contributed by atoms with Gasteiger partial charge in [0.15, 0.2) is 0 Å². The van der Waals surface area contributed by atoms with E-state index in [1.54, 1.807) is 0 Å². The average molecular weight is 298 g/mol. The number of urea groups is 1. The molecule has 0 bridgehead atoms. The molecule has 1 aliphatic heterocycles. The number of amides is 2. The van der Waals surface area contributed by atoms with E-state index in [1.807, 2.05) is 13.8 Å². The summed E-state index contributed by atoms with van der Waals surface area (Å²) in [5.41, 5.74) is -0.218. The van der Waals surface area contributed by atoms with Gasteiger partial charge < -0.3 is 20.5 Å². The van der Waals surface area contributed by atoms with Crippen LogP contribution in [0.2, 0.25) is 0 Å². The van der Waals surface area contributed by atoms with Crippen molar-refractivity contribution >= 4 is 12.0 Å². The molecule has 2 amide bonds. The molecule has 6 nitrogen and oxygen atoms in total. The SMILES string of the molecule is CC1(C)CC(NC(=O)NC2CCCCC2C(=O)O)CCO1. The van der Waals surface area contributed by atoms with E-state index in [0.29, 0.717) is 13.0 Å². The molecule has 1 heterocycles. The van der Waals surface area contributed by atoms with Gasteiger partial charge in [0.1, 0.15) is 0 Å². The number of nitrogens with one attached hydrogen (secondary N) is 2. The summed E-state index contributed by atoms with van der Waals surface area (Å²) in [6.07, 6.45) is 4.84. The summed E-state index contributed by atoms with van der Waals surface area (Å²) in [7, 11) is 0. The Kier molecular flexibility index (Phi) is 5.08. The number of aliphatic carboxylic acids is 1. The summed E-state index contributed by atoms with van der Waals surface area (Å²) in [5, 5.41) is 15.0. The topological polar surface area (TPSA) is 87.7 Å². The van der Waals surface area contributed by atoms with Crippen LogP contribution in [0.4, 0.5) is 4.79 Å². The lowest BCUT2D eigenvalue weighted by Crippen LogP contribution is -2.53. The summed E-state index contributed by atoms with van der Waals surface area (Å²) >= 11 is 0. The third-order valence-electron chi connectivity index (χ3n) is 4.43. The lowest BCUT2D eigenvalue weighted by atomic mass is 9.84. The minimum Gasteiger partial charge on any atom is -0.481 e. The van der Waals surface area contributed by atoms with E-state index < -0.39 is 11.9 Å². The van der Waals surface area contributed by atoms with E-state index in [9.17, 15) is 14.7 Å². The molecule has 3 atom stereocenters. The molecule has 0 aromatic carbocycles. The maximum atomic E-state index is 12.1. The molecule has 2 fully saturated rings. The Morgan fingerprint density at radius 2 is 1.86 bits per heavy atom. The molecule has 2 aliphatic rings. The van der Waals surface area contributed by atoms with Gasteiger partial charge in [-0.05, 0) is 39.5 Å². The molecule has 0 aromatic heterocycles. The van der Waals surface area contributed by atoms with Gasteiger partial charge in [0.05, 0.1) is 11.5 Å². The largest absolute Gasteiger partial charge is 0.481 e. The maximum Gasteiger partial charge on any atom is 0.315 e. The first-order valence-electron chi connectivity index (χ1n) is 7.81. The highest BCUT2D eigenvalue weighted by Crippen LogP contribution is 2.25. The van der Waals surface area contributed by atoms with Crippen LogP contribution in [-0.2, 0) is 9.53 Å². The molecule has 1 saturated heterocycles. The number of carbonyl (C=O) groups is 2. The molecule has 0 aromatic rings. The van der Waals surface area contributed by atoms with E-state index in [4.69, 9.17) is 4.74 Å². The molecule has 3 unspecified atom stereocenters. The summed E-state index contributed by atoms with van der Waals surface area (Å²) < 4.78 is 5.63. The second kappa shape index (κ2) is 6.64. The number of carbonyl (C=O) groups excluding carboxylic acids is 1. The number of carboxylic acid groups (broad SMARTS) is 1. The van der Waals surface area contributed by atoms with Crippen molar-refractivity contribution in [3.63, 3.8) is 0 Å². The summed E-state index contributed by atoms with van der Waals surface area (Å²) in [6, 6.07) is -0.430. The number of ether oxygens (including phenoxy) is 1.